The fraction of sp³-hybridized carbons (Fsp3) is 0.304. The number of phenolic OH excluding ortho intramolecular Hbond substituents is 1. The van der Waals surface area contributed by atoms with Gasteiger partial charge in [0.05, 0.1) is 11.4 Å². The smallest absolute Gasteiger partial charge is 0.311 e. The molecule has 0 aliphatic heterocycles. The highest BCUT2D eigenvalue weighted by Gasteiger charge is 2.34. The van der Waals surface area contributed by atoms with Gasteiger partial charge in [0.25, 0.3) is 5.91 Å². The van der Waals surface area contributed by atoms with Crippen molar-refractivity contribution < 1.29 is 33.0 Å². The number of aromatic hydroxyl groups is 1. The molecule has 2 aromatic carbocycles. The summed E-state index contributed by atoms with van der Waals surface area (Å²) in [5.41, 5.74) is 0.168. The first-order chi connectivity index (χ1) is 14.7. The molecule has 1 aliphatic rings. The van der Waals surface area contributed by atoms with E-state index < -0.39 is 41.0 Å². The minimum absolute atomic E-state index is 0.0531. The normalized spacial score (nSPS) is 15.1. The van der Waals surface area contributed by atoms with E-state index in [-0.39, 0.29) is 40.1 Å². The lowest BCUT2D eigenvalue weighted by atomic mass is 9.76. The summed E-state index contributed by atoms with van der Waals surface area (Å²) >= 11 is 0. The summed E-state index contributed by atoms with van der Waals surface area (Å²) in [6.07, 6.45) is 3.04. The zero-order chi connectivity index (χ0) is 22.4. The molecule has 8 heteroatoms. The molecule has 0 spiro atoms. The van der Waals surface area contributed by atoms with Crippen molar-refractivity contribution in [1.29, 1.82) is 0 Å². The molecule has 1 saturated carbocycles. The van der Waals surface area contributed by atoms with Gasteiger partial charge in [-0.3, -0.25) is 14.2 Å². The van der Waals surface area contributed by atoms with Gasteiger partial charge >= 0.3 is 5.97 Å². The lowest BCUT2D eigenvalue weighted by Crippen LogP contribution is -2.21. The number of hydrogen-bond acceptors (Lipinski definition) is 3. The number of rotatable bonds is 5. The average molecular weight is 431 g/mol. The Labute approximate surface area is 175 Å². The number of phenols is 1. The number of aliphatic carboxylic acids is 1. The van der Waals surface area contributed by atoms with Crippen LogP contribution >= 0.6 is 0 Å². The molecule has 0 unspecified atom stereocenters. The quantitative estimate of drug-likeness (QED) is 0.588. The molecule has 1 atom stereocenters. The van der Waals surface area contributed by atoms with Crippen LogP contribution in [0.15, 0.2) is 30.3 Å². The molecular weight excluding hydrogens is 411 g/mol. The predicted octanol–water partition coefficient (Wildman–Crippen LogP) is 5.12. The molecular formula is C23H20F3NO4. The van der Waals surface area contributed by atoms with Gasteiger partial charge in [0.2, 0.25) is 0 Å². The Hall–Kier alpha value is -3.29. The van der Waals surface area contributed by atoms with Gasteiger partial charge in [-0.2, -0.15) is 0 Å². The van der Waals surface area contributed by atoms with Crippen LogP contribution < -0.4 is 0 Å². The predicted molar refractivity (Wildman–Crippen MR) is 107 cm³/mol. The maximum absolute atomic E-state index is 15.0. The van der Waals surface area contributed by atoms with Crippen molar-refractivity contribution in [2.24, 2.45) is 5.92 Å². The van der Waals surface area contributed by atoms with Gasteiger partial charge in [-0.25, -0.2) is 13.2 Å². The number of hydrogen-bond donors (Lipinski definition) is 2. The van der Waals surface area contributed by atoms with E-state index >= 15 is 4.39 Å². The molecule has 1 heterocycles. The van der Waals surface area contributed by atoms with E-state index in [0.29, 0.717) is 0 Å². The van der Waals surface area contributed by atoms with Crippen LogP contribution in [-0.4, -0.2) is 26.7 Å². The maximum Gasteiger partial charge on any atom is 0.311 e. The van der Waals surface area contributed by atoms with Crippen LogP contribution in [0.4, 0.5) is 13.2 Å². The molecule has 31 heavy (non-hydrogen) atoms. The largest absolute Gasteiger partial charge is 0.505 e. The molecule has 5 nitrogen and oxygen atoms in total. The molecule has 1 aromatic heterocycles. The molecule has 4 rings (SSSR count). The van der Waals surface area contributed by atoms with Crippen molar-refractivity contribution in [3.63, 3.8) is 0 Å². The Balaban J connectivity index is 1.95. The highest BCUT2D eigenvalue weighted by Crippen LogP contribution is 2.42. The maximum atomic E-state index is 15.0. The van der Waals surface area contributed by atoms with Crippen LogP contribution in [0.2, 0.25) is 0 Å². The number of carboxylic acids is 1. The highest BCUT2D eigenvalue weighted by atomic mass is 19.2. The number of carbonyl (C=O) groups is 2. The minimum Gasteiger partial charge on any atom is -0.505 e. The zero-order valence-corrected chi connectivity index (χ0v) is 16.7. The van der Waals surface area contributed by atoms with Crippen molar-refractivity contribution in [3.8, 4) is 5.75 Å². The lowest BCUT2D eigenvalue weighted by molar-refractivity contribution is -0.139. The van der Waals surface area contributed by atoms with Crippen LogP contribution in [0, 0.1) is 30.3 Å². The number of fused-ring (bicyclic) bond motifs is 1. The van der Waals surface area contributed by atoms with Gasteiger partial charge in [-0.1, -0.05) is 19.3 Å². The van der Waals surface area contributed by atoms with E-state index in [2.05, 4.69) is 0 Å². The summed E-state index contributed by atoms with van der Waals surface area (Å²) < 4.78 is 43.1. The van der Waals surface area contributed by atoms with Crippen molar-refractivity contribution >= 4 is 22.8 Å². The van der Waals surface area contributed by atoms with Gasteiger partial charge in [-0.15, -0.1) is 0 Å². The standard InChI is InChI=1S/C23H20F3NO4/c1-11-19(14(23(30)31)9-12-3-2-4-12)20-17(7-8-18(28)21(20)26)27(11)22(29)13-5-6-15(24)16(25)10-13/h5-8,10,12,14,28H,2-4,9H2,1H3,(H,30,31)/t14-/m0/s1. The summed E-state index contributed by atoms with van der Waals surface area (Å²) in [5.74, 6) is -6.83. The molecule has 3 aromatic rings. The first-order valence-corrected chi connectivity index (χ1v) is 9.95. The van der Waals surface area contributed by atoms with Crippen molar-refractivity contribution in [3.05, 3.63) is 64.6 Å². The Morgan fingerprint density at radius 1 is 1.13 bits per heavy atom. The van der Waals surface area contributed by atoms with Crippen molar-refractivity contribution in [1.82, 2.24) is 4.57 Å². The molecule has 162 valence electrons. The van der Waals surface area contributed by atoms with Gasteiger partial charge < -0.3 is 10.2 Å². The summed E-state index contributed by atoms with van der Waals surface area (Å²) in [6.45, 7) is 1.49. The SMILES string of the molecule is Cc1c([C@H](CC2CCC2)C(=O)O)c2c(F)c(O)ccc2n1C(=O)c1ccc(F)c(F)c1. The monoisotopic (exact) mass is 431 g/mol. The summed E-state index contributed by atoms with van der Waals surface area (Å²) in [5, 5.41) is 19.7. The topological polar surface area (TPSA) is 79.5 Å². The van der Waals surface area contributed by atoms with E-state index in [0.717, 1.165) is 48.1 Å². The third-order valence-corrected chi connectivity index (χ3v) is 6.15. The minimum atomic E-state index is -1.21. The number of aromatic nitrogens is 1. The van der Waals surface area contributed by atoms with Crippen LogP contribution in [0.3, 0.4) is 0 Å². The first-order valence-electron chi connectivity index (χ1n) is 9.95. The van der Waals surface area contributed by atoms with E-state index in [1.165, 1.54) is 13.0 Å². The summed E-state index contributed by atoms with van der Waals surface area (Å²) in [4.78, 5) is 25.3. The molecule has 0 bridgehead atoms. The molecule has 2 N–H and O–H groups in total. The van der Waals surface area contributed by atoms with E-state index in [4.69, 9.17) is 0 Å². The Kier molecular flexibility index (Phi) is 5.24. The number of nitrogens with zero attached hydrogens (tertiary/aromatic N) is 1. The van der Waals surface area contributed by atoms with E-state index in [9.17, 15) is 28.6 Å². The van der Waals surface area contributed by atoms with Crippen LogP contribution in [-0.2, 0) is 4.79 Å². The molecule has 1 fully saturated rings. The Bertz CT molecular complexity index is 1210. The second kappa shape index (κ2) is 7.76. The molecule has 0 radical (unpaired) electrons. The third kappa shape index (κ3) is 3.45. The summed E-state index contributed by atoms with van der Waals surface area (Å²) in [6, 6.07) is 5.03. The second-order valence-corrected chi connectivity index (χ2v) is 7.98. The van der Waals surface area contributed by atoms with Gasteiger partial charge in [-0.05, 0) is 55.2 Å². The zero-order valence-electron chi connectivity index (χ0n) is 16.7. The average Bonchev–Trinajstić information content (AvgIpc) is 2.98. The fourth-order valence-electron chi connectivity index (χ4n) is 4.33. The molecule has 0 saturated heterocycles. The van der Waals surface area contributed by atoms with Crippen LogP contribution in [0.1, 0.15) is 53.2 Å². The van der Waals surface area contributed by atoms with Gasteiger partial charge in [0.1, 0.15) is 0 Å². The Morgan fingerprint density at radius 3 is 2.42 bits per heavy atom. The van der Waals surface area contributed by atoms with E-state index in [1.54, 1.807) is 0 Å². The highest BCUT2D eigenvalue weighted by molar-refractivity contribution is 6.05. The molecule has 0 amide bonds. The van der Waals surface area contributed by atoms with Crippen LogP contribution in [0.5, 0.6) is 5.75 Å². The Morgan fingerprint density at radius 2 is 1.84 bits per heavy atom. The van der Waals surface area contributed by atoms with Crippen molar-refractivity contribution in [2.45, 2.75) is 38.5 Å². The van der Waals surface area contributed by atoms with Gasteiger partial charge in [0.15, 0.2) is 23.2 Å². The van der Waals surface area contributed by atoms with Crippen molar-refractivity contribution in [2.75, 3.05) is 0 Å². The van der Waals surface area contributed by atoms with Crippen LogP contribution in [0.25, 0.3) is 10.9 Å². The summed E-state index contributed by atoms with van der Waals surface area (Å²) in [7, 11) is 0. The van der Waals surface area contributed by atoms with E-state index in [1.807, 2.05) is 0 Å². The number of halogens is 3. The first kappa shape index (κ1) is 21.0. The lowest BCUT2D eigenvalue weighted by Gasteiger charge is -2.28. The van der Waals surface area contributed by atoms with Gasteiger partial charge in [0, 0.05) is 16.6 Å². The number of carboxylic acid groups (broad SMARTS) is 1. The fourth-order valence-corrected chi connectivity index (χ4v) is 4.33. The number of carbonyl (C=O) groups excluding carboxylic acids is 1. The number of benzene rings is 2. The third-order valence-electron chi connectivity index (χ3n) is 6.15. The second-order valence-electron chi connectivity index (χ2n) is 7.98. The molecule has 1 aliphatic carbocycles.